The van der Waals surface area contributed by atoms with Gasteiger partial charge in [0.15, 0.2) is 0 Å². The Bertz CT molecular complexity index is 717. The second kappa shape index (κ2) is 7.25. The molecule has 0 aliphatic carbocycles. The summed E-state index contributed by atoms with van der Waals surface area (Å²) in [5, 5.41) is 6.39. The Balaban J connectivity index is 0.00000208. The number of sulfonamides is 1. The van der Waals surface area contributed by atoms with E-state index in [9.17, 15) is 17.6 Å². The summed E-state index contributed by atoms with van der Waals surface area (Å²) in [4.78, 5) is 12.5. The van der Waals surface area contributed by atoms with Gasteiger partial charge in [0.05, 0.1) is 17.5 Å². The lowest BCUT2D eigenvalue weighted by Crippen LogP contribution is -2.48. The van der Waals surface area contributed by atoms with Gasteiger partial charge in [0, 0.05) is 18.1 Å². The van der Waals surface area contributed by atoms with E-state index in [1.165, 1.54) is 6.07 Å². The van der Waals surface area contributed by atoms with Crippen molar-refractivity contribution in [3.05, 3.63) is 29.6 Å². The number of hydrogen-bond donors (Lipinski definition) is 3. The Morgan fingerprint density at radius 1 is 1.25 bits per heavy atom. The molecule has 134 valence electrons. The number of carbonyl (C=O) groups excluding carboxylic acids is 1. The lowest BCUT2D eigenvalue weighted by atomic mass is 9.99. The Morgan fingerprint density at radius 3 is 2.46 bits per heavy atom. The number of piperidine rings is 1. The van der Waals surface area contributed by atoms with Crippen LogP contribution in [0.25, 0.3) is 0 Å². The number of halogens is 2. The van der Waals surface area contributed by atoms with Crippen LogP contribution in [0.15, 0.2) is 18.2 Å². The molecule has 6 nitrogen and oxygen atoms in total. The van der Waals surface area contributed by atoms with Gasteiger partial charge in [-0.25, -0.2) is 12.8 Å². The van der Waals surface area contributed by atoms with Crippen molar-refractivity contribution in [2.45, 2.75) is 43.8 Å². The van der Waals surface area contributed by atoms with Crippen molar-refractivity contribution in [3.8, 4) is 0 Å². The molecule has 1 amide bonds. The quantitative estimate of drug-likeness (QED) is 0.744. The van der Waals surface area contributed by atoms with Crippen LogP contribution in [0.3, 0.4) is 0 Å². The fourth-order valence-electron chi connectivity index (χ4n) is 3.43. The highest BCUT2D eigenvalue weighted by Crippen LogP contribution is 2.27. The molecular weight excluding hydrogens is 357 g/mol. The monoisotopic (exact) mass is 377 g/mol. The number of hydrogen-bond acceptors (Lipinski definition) is 4. The highest BCUT2D eigenvalue weighted by Gasteiger charge is 2.34. The first-order valence-corrected chi connectivity index (χ1v) is 9.53. The molecule has 0 aromatic heterocycles. The summed E-state index contributed by atoms with van der Waals surface area (Å²) in [5.74, 6) is -1.04. The number of carbonyl (C=O) groups is 1. The molecule has 3 N–H and O–H groups in total. The molecule has 0 spiro atoms. The number of anilines is 1. The Morgan fingerprint density at radius 2 is 1.88 bits per heavy atom. The fraction of sp³-hybridized carbons (Fsp3) is 0.533. The van der Waals surface area contributed by atoms with Crippen molar-refractivity contribution in [2.75, 3.05) is 11.0 Å². The molecule has 1 aromatic carbocycles. The summed E-state index contributed by atoms with van der Waals surface area (Å²) in [6, 6.07) is 4.29. The smallest absolute Gasteiger partial charge is 0.253 e. The zero-order valence-electron chi connectivity index (χ0n) is 13.2. The van der Waals surface area contributed by atoms with Crippen LogP contribution in [0.5, 0.6) is 0 Å². The second-order valence-electron chi connectivity index (χ2n) is 6.34. The molecule has 0 radical (unpaired) electrons. The average Bonchev–Trinajstić information content (AvgIpc) is 2.78. The van der Waals surface area contributed by atoms with Crippen LogP contribution in [0.4, 0.5) is 10.1 Å². The van der Waals surface area contributed by atoms with Crippen LogP contribution >= 0.6 is 12.4 Å². The van der Waals surface area contributed by atoms with Crippen LogP contribution in [0.2, 0.25) is 0 Å². The Hall–Kier alpha value is -1.38. The third-order valence-electron chi connectivity index (χ3n) is 4.33. The van der Waals surface area contributed by atoms with Crippen LogP contribution in [-0.2, 0) is 10.0 Å². The van der Waals surface area contributed by atoms with E-state index in [-0.39, 0.29) is 29.7 Å². The molecule has 24 heavy (non-hydrogen) atoms. The summed E-state index contributed by atoms with van der Waals surface area (Å²) >= 11 is 0. The van der Waals surface area contributed by atoms with Crippen molar-refractivity contribution >= 4 is 34.0 Å². The number of nitrogens with one attached hydrogen (secondary N) is 3. The number of benzene rings is 1. The first kappa shape index (κ1) is 19.0. The van der Waals surface area contributed by atoms with Gasteiger partial charge in [-0.2, -0.15) is 0 Å². The van der Waals surface area contributed by atoms with Crippen LogP contribution in [0.1, 0.15) is 36.0 Å². The van der Waals surface area contributed by atoms with Crippen molar-refractivity contribution < 1.29 is 17.6 Å². The molecule has 9 heteroatoms. The minimum Gasteiger partial charge on any atom is -0.349 e. The van der Waals surface area contributed by atoms with Gasteiger partial charge in [-0.1, -0.05) is 0 Å². The second-order valence-corrected chi connectivity index (χ2v) is 8.09. The van der Waals surface area contributed by atoms with Crippen molar-refractivity contribution in [1.29, 1.82) is 0 Å². The van der Waals surface area contributed by atoms with Gasteiger partial charge >= 0.3 is 0 Å². The maximum absolute atomic E-state index is 13.5. The summed E-state index contributed by atoms with van der Waals surface area (Å²) < 4.78 is 38.5. The molecule has 2 saturated heterocycles. The predicted octanol–water partition coefficient (Wildman–Crippen LogP) is 1.63. The standard InChI is InChI=1S/C15H20FN3O3S.ClH/c1-23(21,22)19-14-5-2-9(16)6-13(14)15(20)18-12-7-10-3-4-11(8-12)17-10;/h2,5-6,10-12,17,19H,3-4,7-8H2,1H3,(H,18,20);1H. The van der Waals surface area contributed by atoms with E-state index in [0.717, 1.165) is 44.1 Å². The molecule has 2 fully saturated rings. The molecule has 0 saturated carbocycles. The topological polar surface area (TPSA) is 87.3 Å². The number of fused-ring (bicyclic) bond motifs is 2. The summed E-state index contributed by atoms with van der Waals surface area (Å²) in [6.07, 6.45) is 4.89. The lowest BCUT2D eigenvalue weighted by Gasteiger charge is -2.29. The van der Waals surface area contributed by atoms with Crippen molar-refractivity contribution in [2.24, 2.45) is 0 Å². The minimum absolute atomic E-state index is 0. The zero-order chi connectivity index (χ0) is 16.6. The zero-order valence-corrected chi connectivity index (χ0v) is 14.8. The van der Waals surface area contributed by atoms with Gasteiger partial charge in [-0.15, -0.1) is 12.4 Å². The van der Waals surface area contributed by atoms with Crippen molar-refractivity contribution in [1.82, 2.24) is 10.6 Å². The van der Waals surface area contributed by atoms with Gasteiger partial charge in [-0.05, 0) is 43.9 Å². The first-order chi connectivity index (χ1) is 10.8. The third-order valence-corrected chi connectivity index (χ3v) is 4.92. The SMILES string of the molecule is CS(=O)(=O)Nc1ccc(F)cc1C(=O)NC1CC2CCC(C1)N2.Cl. The highest BCUT2D eigenvalue weighted by atomic mass is 35.5. The molecule has 2 atom stereocenters. The summed E-state index contributed by atoms with van der Waals surface area (Å²) in [7, 11) is -3.55. The molecular formula is C15H21ClFN3O3S. The van der Waals surface area contributed by atoms with Gasteiger partial charge < -0.3 is 10.6 Å². The van der Waals surface area contributed by atoms with E-state index in [1.54, 1.807) is 0 Å². The first-order valence-electron chi connectivity index (χ1n) is 7.64. The van der Waals surface area contributed by atoms with E-state index in [4.69, 9.17) is 0 Å². The van der Waals surface area contributed by atoms with Crippen molar-refractivity contribution in [3.63, 3.8) is 0 Å². The minimum atomic E-state index is -3.55. The molecule has 2 aliphatic rings. The number of amides is 1. The fourth-order valence-corrected chi connectivity index (χ4v) is 4.01. The van der Waals surface area contributed by atoms with Gasteiger partial charge in [0.2, 0.25) is 10.0 Å². The summed E-state index contributed by atoms with van der Waals surface area (Å²) in [5.41, 5.74) is 0.0876. The normalized spacial score (nSPS) is 25.7. The third kappa shape index (κ3) is 4.58. The van der Waals surface area contributed by atoms with Crippen LogP contribution in [0, 0.1) is 5.82 Å². The molecule has 1 aromatic rings. The average molecular weight is 378 g/mol. The van der Waals surface area contributed by atoms with Crippen LogP contribution < -0.4 is 15.4 Å². The lowest BCUT2D eigenvalue weighted by molar-refractivity contribution is 0.0924. The molecule has 2 unspecified atom stereocenters. The van der Waals surface area contributed by atoms with Gasteiger partial charge in [0.25, 0.3) is 5.91 Å². The maximum atomic E-state index is 13.5. The maximum Gasteiger partial charge on any atom is 0.253 e. The van der Waals surface area contributed by atoms with E-state index < -0.39 is 21.7 Å². The van der Waals surface area contributed by atoms with Crippen LogP contribution in [-0.4, -0.2) is 38.7 Å². The predicted molar refractivity (Wildman–Crippen MR) is 92.5 cm³/mol. The number of rotatable bonds is 4. The molecule has 3 rings (SSSR count). The largest absolute Gasteiger partial charge is 0.349 e. The summed E-state index contributed by atoms with van der Waals surface area (Å²) in [6.45, 7) is 0. The van der Waals surface area contributed by atoms with E-state index in [1.807, 2.05) is 0 Å². The molecule has 2 heterocycles. The molecule has 2 aliphatic heterocycles. The Kier molecular flexibility index (Phi) is 5.72. The highest BCUT2D eigenvalue weighted by molar-refractivity contribution is 7.92. The van der Waals surface area contributed by atoms with E-state index in [0.29, 0.717) is 12.1 Å². The van der Waals surface area contributed by atoms with Gasteiger partial charge in [0.1, 0.15) is 5.82 Å². The van der Waals surface area contributed by atoms with E-state index >= 15 is 0 Å². The van der Waals surface area contributed by atoms with Gasteiger partial charge in [-0.3, -0.25) is 9.52 Å². The molecule has 2 bridgehead atoms. The Labute approximate surface area is 147 Å². The van der Waals surface area contributed by atoms with E-state index in [2.05, 4.69) is 15.4 Å².